The number of aryl methyl sites for hydroxylation is 1. The van der Waals surface area contributed by atoms with Crippen LogP contribution >= 0.6 is 15.9 Å². The molecule has 100 valence electrons. The highest BCUT2D eigenvalue weighted by atomic mass is 79.9. The summed E-state index contributed by atoms with van der Waals surface area (Å²) < 4.78 is 6.40. The Hall–Kier alpha value is -1.46. The van der Waals surface area contributed by atoms with E-state index in [1.54, 1.807) is 18.2 Å². The van der Waals surface area contributed by atoms with Crippen LogP contribution < -0.4 is 4.74 Å². The van der Waals surface area contributed by atoms with E-state index >= 15 is 0 Å². The predicted molar refractivity (Wildman–Crippen MR) is 76.2 cm³/mol. The Morgan fingerprint density at radius 3 is 2.58 bits per heavy atom. The first-order valence-corrected chi connectivity index (χ1v) is 6.91. The molecule has 19 heavy (non-hydrogen) atoms. The van der Waals surface area contributed by atoms with Crippen molar-refractivity contribution >= 4 is 15.9 Å². The summed E-state index contributed by atoms with van der Waals surface area (Å²) in [4.78, 5) is 8.63. The molecule has 0 spiro atoms. The Bertz CT molecular complexity index is 544. The summed E-state index contributed by atoms with van der Waals surface area (Å²) in [6, 6.07) is 8.98. The van der Waals surface area contributed by atoms with Gasteiger partial charge < -0.3 is 9.84 Å². The Balaban J connectivity index is 2.17. The third-order valence-electron chi connectivity index (χ3n) is 2.52. The molecule has 0 bridgehead atoms. The lowest BCUT2D eigenvalue weighted by atomic mass is 10.2. The smallest absolute Gasteiger partial charge is 0.223 e. The van der Waals surface area contributed by atoms with E-state index in [1.807, 2.05) is 12.1 Å². The third kappa shape index (κ3) is 4.01. The quantitative estimate of drug-likeness (QED) is 0.856. The molecule has 0 saturated heterocycles. The average Bonchev–Trinajstić information content (AvgIpc) is 2.39. The van der Waals surface area contributed by atoms with Gasteiger partial charge in [-0.1, -0.05) is 19.1 Å². The summed E-state index contributed by atoms with van der Waals surface area (Å²) in [7, 11) is 0. The van der Waals surface area contributed by atoms with Crippen molar-refractivity contribution in [3.8, 4) is 11.6 Å². The topological polar surface area (TPSA) is 55.2 Å². The molecule has 0 amide bonds. The first-order valence-electron chi connectivity index (χ1n) is 6.12. The SMILES string of the molecule is CCCc1nc(Br)cc(Oc2ccc(CO)cc2)n1. The van der Waals surface area contributed by atoms with Crippen LogP contribution in [0.25, 0.3) is 0 Å². The fraction of sp³-hybridized carbons (Fsp3) is 0.286. The molecule has 0 saturated carbocycles. The molecule has 0 atom stereocenters. The molecular weight excluding hydrogens is 308 g/mol. The molecule has 0 aliphatic rings. The largest absolute Gasteiger partial charge is 0.439 e. The minimum absolute atomic E-state index is 0.0278. The molecule has 2 rings (SSSR count). The van der Waals surface area contributed by atoms with Gasteiger partial charge in [-0.15, -0.1) is 0 Å². The molecule has 0 unspecified atom stereocenters. The van der Waals surface area contributed by atoms with Crippen LogP contribution in [0.1, 0.15) is 24.7 Å². The van der Waals surface area contributed by atoms with Crippen molar-refractivity contribution in [1.29, 1.82) is 0 Å². The first kappa shape index (κ1) is 14.0. The Labute approximate surface area is 120 Å². The molecule has 1 heterocycles. The fourth-order valence-corrected chi connectivity index (χ4v) is 2.01. The van der Waals surface area contributed by atoms with Crippen molar-refractivity contribution in [1.82, 2.24) is 9.97 Å². The molecule has 0 radical (unpaired) electrons. The minimum atomic E-state index is 0.0278. The number of halogens is 1. The molecule has 2 aromatic rings. The number of hydrogen-bond donors (Lipinski definition) is 1. The molecule has 1 N–H and O–H groups in total. The summed E-state index contributed by atoms with van der Waals surface area (Å²) in [5, 5.41) is 8.98. The zero-order valence-electron chi connectivity index (χ0n) is 10.6. The van der Waals surface area contributed by atoms with Gasteiger partial charge in [0.15, 0.2) is 0 Å². The van der Waals surface area contributed by atoms with E-state index in [0.717, 1.165) is 24.2 Å². The van der Waals surface area contributed by atoms with E-state index in [2.05, 4.69) is 32.8 Å². The lowest BCUT2D eigenvalue weighted by Gasteiger charge is -2.07. The van der Waals surface area contributed by atoms with E-state index in [9.17, 15) is 0 Å². The molecule has 5 heteroatoms. The molecular formula is C14H15BrN2O2. The van der Waals surface area contributed by atoms with Crippen molar-refractivity contribution < 1.29 is 9.84 Å². The van der Waals surface area contributed by atoms with E-state index in [0.29, 0.717) is 16.2 Å². The van der Waals surface area contributed by atoms with Crippen LogP contribution in [0.5, 0.6) is 11.6 Å². The molecule has 4 nitrogen and oxygen atoms in total. The number of aliphatic hydroxyl groups excluding tert-OH is 1. The normalized spacial score (nSPS) is 10.5. The van der Waals surface area contributed by atoms with Gasteiger partial charge in [-0.25, -0.2) is 4.98 Å². The Kier molecular flexibility index (Phi) is 4.87. The van der Waals surface area contributed by atoms with Crippen molar-refractivity contribution in [3.63, 3.8) is 0 Å². The maximum absolute atomic E-state index is 8.98. The molecule has 0 aliphatic carbocycles. The summed E-state index contributed by atoms with van der Waals surface area (Å²) in [5.41, 5.74) is 0.850. The van der Waals surface area contributed by atoms with Gasteiger partial charge in [0.1, 0.15) is 16.2 Å². The zero-order chi connectivity index (χ0) is 13.7. The first-order chi connectivity index (χ1) is 9.21. The minimum Gasteiger partial charge on any atom is -0.439 e. The predicted octanol–water partition coefficient (Wildman–Crippen LogP) is 3.48. The van der Waals surface area contributed by atoms with Crippen LogP contribution in [0.2, 0.25) is 0 Å². The van der Waals surface area contributed by atoms with Crippen LogP contribution in [0.4, 0.5) is 0 Å². The number of nitrogens with zero attached hydrogens (tertiary/aromatic N) is 2. The zero-order valence-corrected chi connectivity index (χ0v) is 12.2. The standard InChI is InChI=1S/C14H15BrN2O2/c1-2-3-13-16-12(15)8-14(17-13)19-11-6-4-10(9-18)5-7-11/h4-8,18H,2-3,9H2,1H3. The van der Waals surface area contributed by atoms with Crippen molar-refractivity contribution in [2.75, 3.05) is 0 Å². The number of benzene rings is 1. The highest BCUT2D eigenvalue weighted by Gasteiger charge is 2.05. The van der Waals surface area contributed by atoms with Gasteiger partial charge in [-0.3, -0.25) is 0 Å². The van der Waals surface area contributed by atoms with Gasteiger partial charge in [-0.2, -0.15) is 4.98 Å². The number of hydrogen-bond acceptors (Lipinski definition) is 4. The lowest BCUT2D eigenvalue weighted by molar-refractivity contribution is 0.281. The number of aliphatic hydroxyl groups is 1. The van der Waals surface area contributed by atoms with Gasteiger partial charge in [0.25, 0.3) is 0 Å². The van der Waals surface area contributed by atoms with Gasteiger partial charge in [0.05, 0.1) is 6.61 Å². The fourth-order valence-electron chi connectivity index (χ4n) is 1.61. The third-order valence-corrected chi connectivity index (χ3v) is 2.93. The van der Waals surface area contributed by atoms with Crippen LogP contribution in [-0.2, 0) is 13.0 Å². The van der Waals surface area contributed by atoms with Crippen LogP contribution in [0, 0.1) is 0 Å². The Morgan fingerprint density at radius 2 is 1.95 bits per heavy atom. The molecule has 1 aromatic heterocycles. The van der Waals surface area contributed by atoms with Gasteiger partial charge in [0, 0.05) is 12.5 Å². The average molecular weight is 323 g/mol. The lowest BCUT2D eigenvalue weighted by Crippen LogP contribution is -1.97. The van der Waals surface area contributed by atoms with Crippen molar-refractivity contribution in [2.24, 2.45) is 0 Å². The van der Waals surface area contributed by atoms with Crippen molar-refractivity contribution in [3.05, 3.63) is 46.3 Å². The number of ether oxygens (including phenoxy) is 1. The van der Waals surface area contributed by atoms with E-state index in [1.165, 1.54) is 0 Å². The summed E-state index contributed by atoms with van der Waals surface area (Å²) in [6.07, 6.45) is 1.81. The highest BCUT2D eigenvalue weighted by Crippen LogP contribution is 2.22. The monoisotopic (exact) mass is 322 g/mol. The van der Waals surface area contributed by atoms with Crippen molar-refractivity contribution in [2.45, 2.75) is 26.4 Å². The van der Waals surface area contributed by atoms with E-state index in [4.69, 9.17) is 9.84 Å². The number of aromatic nitrogens is 2. The maximum Gasteiger partial charge on any atom is 0.223 e. The summed E-state index contributed by atoms with van der Waals surface area (Å²) >= 11 is 3.35. The number of rotatable bonds is 5. The molecule has 0 fully saturated rings. The summed E-state index contributed by atoms with van der Waals surface area (Å²) in [5.74, 6) is 1.96. The van der Waals surface area contributed by atoms with Crippen LogP contribution in [0.15, 0.2) is 34.9 Å². The second-order valence-electron chi connectivity index (χ2n) is 4.10. The Morgan fingerprint density at radius 1 is 1.21 bits per heavy atom. The van der Waals surface area contributed by atoms with Gasteiger partial charge in [0.2, 0.25) is 5.88 Å². The van der Waals surface area contributed by atoms with Gasteiger partial charge >= 0.3 is 0 Å². The van der Waals surface area contributed by atoms with E-state index < -0.39 is 0 Å². The highest BCUT2D eigenvalue weighted by molar-refractivity contribution is 9.10. The van der Waals surface area contributed by atoms with Gasteiger partial charge in [-0.05, 0) is 40.0 Å². The second kappa shape index (κ2) is 6.63. The maximum atomic E-state index is 8.98. The molecule has 1 aromatic carbocycles. The van der Waals surface area contributed by atoms with E-state index in [-0.39, 0.29) is 6.61 Å². The molecule has 0 aliphatic heterocycles. The van der Waals surface area contributed by atoms with Crippen LogP contribution in [0.3, 0.4) is 0 Å². The summed E-state index contributed by atoms with van der Waals surface area (Å²) in [6.45, 7) is 2.11. The van der Waals surface area contributed by atoms with Crippen LogP contribution in [-0.4, -0.2) is 15.1 Å². The second-order valence-corrected chi connectivity index (χ2v) is 4.91.